The van der Waals surface area contributed by atoms with Crippen LogP contribution in [0.25, 0.3) is 0 Å². The summed E-state index contributed by atoms with van der Waals surface area (Å²) in [7, 11) is 0. The van der Waals surface area contributed by atoms with E-state index < -0.39 is 5.97 Å². The molecule has 1 aromatic carbocycles. The van der Waals surface area contributed by atoms with E-state index in [0.29, 0.717) is 41.7 Å². The maximum absolute atomic E-state index is 12.3. The van der Waals surface area contributed by atoms with Crippen molar-refractivity contribution in [2.24, 2.45) is 5.92 Å². The molecule has 1 N–H and O–H groups in total. The largest absolute Gasteiger partial charge is 0.493 e. The quantitative estimate of drug-likeness (QED) is 0.485. The first-order valence-corrected chi connectivity index (χ1v) is 9.93. The van der Waals surface area contributed by atoms with Gasteiger partial charge >= 0.3 is 5.97 Å². The lowest BCUT2D eigenvalue weighted by Gasteiger charge is -2.09. The molecule has 1 aromatic heterocycles. The number of benzene rings is 1. The molecule has 0 aliphatic carbocycles. The van der Waals surface area contributed by atoms with Crippen LogP contribution in [0, 0.1) is 5.92 Å². The molecule has 1 heterocycles. The monoisotopic (exact) mass is 403 g/mol. The first-order chi connectivity index (χ1) is 13.3. The molecule has 7 heteroatoms. The molecule has 0 saturated heterocycles. The fraction of sp³-hybridized carbons (Fsp3) is 0.381. The lowest BCUT2D eigenvalue weighted by atomic mass is 10.2. The second kappa shape index (κ2) is 10.6. The summed E-state index contributed by atoms with van der Waals surface area (Å²) in [5.41, 5.74) is 0.344. The van der Waals surface area contributed by atoms with E-state index in [0.717, 1.165) is 4.88 Å². The number of Topliss-reactive ketones (excluding diaryl/α,β-unsaturated/α-hetero) is 1. The number of carbonyl (C=O) groups excluding carboxylic acids is 3. The van der Waals surface area contributed by atoms with Gasteiger partial charge in [-0.05, 0) is 42.7 Å². The predicted molar refractivity (Wildman–Crippen MR) is 108 cm³/mol. The van der Waals surface area contributed by atoms with Crippen LogP contribution in [0.1, 0.15) is 45.7 Å². The van der Waals surface area contributed by atoms with E-state index >= 15 is 0 Å². The molecule has 150 valence electrons. The van der Waals surface area contributed by atoms with Crippen molar-refractivity contribution in [3.63, 3.8) is 0 Å². The molecule has 0 spiro atoms. The van der Waals surface area contributed by atoms with Crippen LogP contribution >= 0.6 is 11.3 Å². The highest BCUT2D eigenvalue weighted by Gasteiger charge is 2.14. The van der Waals surface area contributed by atoms with Crippen LogP contribution in [0.5, 0.6) is 5.75 Å². The van der Waals surface area contributed by atoms with Crippen LogP contribution in [0.2, 0.25) is 0 Å². The van der Waals surface area contributed by atoms with Gasteiger partial charge in [0, 0.05) is 18.3 Å². The van der Waals surface area contributed by atoms with Crippen LogP contribution < -0.4 is 10.1 Å². The van der Waals surface area contributed by atoms with E-state index in [4.69, 9.17) is 9.47 Å². The first-order valence-electron chi connectivity index (χ1n) is 9.11. The number of hydrogen-bond acceptors (Lipinski definition) is 6. The zero-order valence-electron chi connectivity index (χ0n) is 16.3. The normalized spacial score (nSPS) is 10.6. The third-order valence-corrected chi connectivity index (χ3v) is 4.86. The Balaban J connectivity index is 1.85. The summed E-state index contributed by atoms with van der Waals surface area (Å²) < 4.78 is 10.8. The van der Waals surface area contributed by atoms with Gasteiger partial charge in [0.1, 0.15) is 5.75 Å². The maximum Gasteiger partial charge on any atom is 0.338 e. The third kappa shape index (κ3) is 7.15. The van der Waals surface area contributed by atoms with Crippen molar-refractivity contribution in [3.8, 4) is 5.75 Å². The molecule has 0 unspecified atom stereocenters. The SMILES string of the molecule is CC(=O)NCCc1ccc(C(=O)COC(=O)c2cccc(OCC(C)C)c2)s1. The fourth-order valence-electron chi connectivity index (χ4n) is 2.29. The Morgan fingerprint density at radius 2 is 1.93 bits per heavy atom. The highest BCUT2D eigenvalue weighted by Crippen LogP contribution is 2.18. The van der Waals surface area contributed by atoms with Crippen LogP contribution in [0.15, 0.2) is 36.4 Å². The minimum atomic E-state index is -0.564. The van der Waals surface area contributed by atoms with Gasteiger partial charge in [-0.3, -0.25) is 9.59 Å². The molecule has 0 atom stereocenters. The van der Waals surface area contributed by atoms with Crippen molar-refractivity contribution in [2.75, 3.05) is 19.8 Å². The highest BCUT2D eigenvalue weighted by atomic mass is 32.1. The van der Waals surface area contributed by atoms with Crippen LogP contribution in [0.3, 0.4) is 0 Å². The Bertz CT molecular complexity index is 828. The smallest absolute Gasteiger partial charge is 0.338 e. The van der Waals surface area contributed by atoms with Gasteiger partial charge in [-0.2, -0.15) is 0 Å². The molecule has 0 bridgehead atoms. The lowest BCUT2D eigenvalue weighted by Crippen LogP contribution is -2.22. The van der Waals surface area contributed by atoms with Crippen molar-refractivity contribution >= 4 is 29.0 Å². The zero-order valence-corrected chi connectivity index (χ0v) is 17.1. The zero-order chi connectivity index (χ0) is 20.5. The molecule has 1 amide bonds. The molecule has 0 aliphatic rings. The van der Waals surface area contributed by atoms with Gasteiger partial charge in [0.25, 0.3) is 0 Å². The summed E-state index contributed by atoms with van der Waals surface area (Å²) in [6.45, 7) is 6.30. The van der Waals surface area contributed by atoms with Crippen molar-refractivity contribution in [3.05, 3.63) is 51.7 Å². The molecule has 0 fully saturated rings. The summed E-state index contributed by atoms with van der Waals surface area (Å²) >= 11 is 1.34. The van der Waals surface area contributed by atoms with Gasteiger partial charge in [-0.15, -0.1) is 11.3 Å². The number of nitrogens with one attached hydrogen (secondary N) is 1. The first kappa shape index (κ1) is 21.6. The van der Waals surface area contributed by atoms with Gasteiger partial charge in [0.2, 0.25) is 11.7 Å². The number of rotatable bonds is 10. The van der Waals surface area contributed by atoms with E-state index in [2.05, 4.69) is 5.32 Å². The average Bonchev–Trinajstić information content (AvgIpc) is 3.13. The van der Waals surface area contributed by atoms with Gasteiger partial charge in [0.05, 0.1) is 17.0 Å². The Morgan fingerprint density at radius 1 is 1.14 bits per heavy atom. The predicted octanol–water partition coefficient (Wildman–Crippen LogP) is 3.50. The van der Waals surface area contributed by atoms with Crippen molar-refractivity contribution in [2.45, 2.75) is 27.2 Å². The Morgan fingerprint density at radius 3 is 2.64 bits per heavy atom. The highest BCUT2D eigenvalue weighted by molar-refractivity contribution is 7.14. The molecule has 6 nitrogen and oxygen atoms in total. The van der Waals surface area contributed by atoms with Crippen LogP contribution in [-0.4, -0.2) is 37.4 Å². The number of esters is 1. The van der Waals surface area contributed by atoms with Crippen molar-refractivity contribution in [1.82, 2.24) is 5.32 Å². The van der Waals surface area contributed by atoms with Gasteiger partial charge in [-0.1, -0.05) is 19.9 Å². The van der Waals surface area contributed by atoms with Gasteiger partial charge < -0.3 is 14.8 Å². The van der Waals surface area contributed by atoms with Crippen molar-refractivity contribution < 1.29 is 23.9 Å². The summed E-state index contributed by atoms with van der Waals surface area (Å²) in [6.07, 6.45) is 0.653. The van der Waals surface area contributed by atoms with E-state index in [9.17, 15) is 14.4 Å². The second-order valence-corrected chi connectivity index (χ2v) is 7.90. The Labute approximate surface area is 168 Å². The number of ketones is 1. The van der Waals surface area contributed by atoms with E-state index in [-0.39, 0.29) is 18.3 Å². The van der Waals surface area contributed by atoms with E-state index in [1.165, 1.54) is 18.3 Å². The Kier molecular flexibility index (Phi) is 8.19. The molecule has 0 radical (unpaired) electrons. The molecule has 0 aliphatic heterocycles. The molecule has 2 aromatic rings. The molecular formula is C21H25NO5S. The Hall–Kier alpha value is -2.67. The summed E-state index contributed by atoms with van der Waals surface area (Å²) in [5, 5.41) is 2.71. The minimum absolute atomic E-state index is 0.0848. The fourth-order valence-corrected chi connectivity index (χ4v) is 3.22. The average molecular weight is 404 g/mol. The van der Waals surface area contributed by atoms with Crippen LogP contribution in [0.4, 0.5) is 0 Å². The molecular weight excluding hydrogens is 378 g/mol. The number of hydrogen-bond donors (Lipinski definition) is 1. The van der Waals surface area contributed by atoms with Crippen LogP contribution in [-0.2, 0) is 16.0 Å². The maximum atomic E-state index is 12.3. The standard InChI is InChI=1S/C21H25NO5S/c1-14(2)12-26-17-6-4-5-16(11-17)21(25)27-13-19(24)20-8-7-18(28-20)9-10-22-15(3)23/h4-8,11,14H,9-10,12-13H2,1-3H3,(H,22,23). The second-order valence-electron chi connectivity index (χ2n) is 6.73. The summed E-state index contributed by atoms with van der Waals surface area (Å²) in [6, 6.07) is 10.3. The third-order valence-electron chi connectivity index (χ3n) is 3.67. The number of ether oxygens (including phenoxy) is 2. The van der Waals surface area contributed by atoms with Gasteiger partial charge in [0.15, 0.2) is 6.61 Å². The molecule has 28 heavy (non-hydrogen) atoms. The lowest BCUT2D eigenvalue weighted by molar-refractivity contribution is -0.118. The number of amides is 1. The van der Waals surface area contributed by atoms with Crippen molar-refractivity contribution in [1.29, 1.82) is 0 Å². The van der Waals surface area contributed by atoms with E-state index in [1.54, 1.807) is 30.3 Å². The minimum Gasteiger partial charge on any atom is -0.493 e. The summed E-state index contributed by atoms with van der Waals surface area (Å²) in [5.74, 6) is 0.0688. The molecule has 2 rings (SSSR count). The number of thiophene rings is 1. The van der Waals surface area contributed by atoms with Gasteiger partial charge in [-0.25, -0.2) is 4.79 Å². The number of carbonyl (C=O) groups is 3. The summed E-state index contributed by atoms with van der Waals surface area (Å²) in [4.78, 5) is 36.9. The molecule has 0 saturated carbocycles. The van der Waals surface area contributed by atoms with E-state index in [1.807, 2.05) is 19.9 Å². The topological polar surface area (TPSA) is 81.7 Å².